The number of para-hydroxylation sites is 1. The third-order valence-electron chi connectivity index (χ3n) is 5.24. The van der Waals surface area contributed by atoms with Crippen LogP contribution >= 0.6 is 0 Å². The van der Waals surface area contributed by atoms with Crippen LogP contribution in [0.1, 0.15) is 18.4 Å². The lowest BCUT2D eigenvalue weighted by molar-refractivity contribution is -0.134. The number of nitrogens with zero attached hydrogens (tertiary/aromatic N) is 1. The fraction of sp³-hybridized carbons (Fsp3) is 0.409. The summed E-state index contributed by atoms with van der Waals surface area (Å²) in [4.78, 5) is 14.3. The monoisotopic (exact) mass is 432 g/mol. The van der Waals surface area contributed by atoms with Gasteiger partial charge in [-0.15, -0.1) is 0 Å². The fourth-order valence-corrected chi connectivity index (χ4v) is 4.81. The second-order valence-electron chi connectivity index (χ2n) is 7.43. The molecule has 0 aromatic heterocycles. The number of methoxy groups -OCH3 is 1. The van der Waals surface area contributed by atoms with E-state index in [0.29, 0.717) is 31.1 Å². The van der Waals surface area contributed by atoms with E-state index in [0.717, 1.165) is 18.4 Å². The maximum atomic E-state index is 12.7. The summed E-state index contributed by atoms with van der Waals surface area (Å²) in [7, 11) is -2.21. The topological polar surface area (TPSA) is 84.9 Å². The molecule has 0 aliphatic carbocycles. The van der Waals surface area contributed by atoms with Gasteiger partial charge in [-0.25, -0.2) is 13.1 Å². The Balaban J connectivity index is 1.48. The van der Waals surface area contributed by atoms with Gasteiger partial charge in [-0.05, 0) is 55.5 Å². The van der Waals surface area contributed by atoms with Crippen LogP contribution in [0.4, 0.5) is 0 Å². The second-order valence-corrected chi connectivity index (χ2v) is 9.17. The van der Waals surface area contributed by atoms with Gasteiger partial charge in [0.05, 0.1) is 7.11 Å². The van der Waals surface area contributed by atoms with Crippen LogP contribution in [0.3, 0.4) is 0 Å². The smallest absolute Gasteiger partial charge is 0.260 e. The van der Waals surface area contributed by atoms with Crippen LogP contribution in [0.15, 0.2) is 53.4 Å². The summed E-state index contributed by atoms with van der Waals surface area (Å²) in [6.45, 7) is 3.37. The molecule has 0 unspecified atom stereocenters. The number of piperidine rings is 1. The number of nitrogens with one attached hydrogen (secondary N) is 1. The van der Waals surface area contributed by atoms with Gasteiger partial charge in [-0.1, -0.05) is 24.3 Å². The van der Waals surface area contributed by atoms with E-state index in [9.17, 15) is 13.2 Å². The number of rotatable bonds is 8. The van der Waals surface area contributed by atoms with Crippen LogP contribution < -0.4 is 14.2 Å². The van der Waals surface area contributed by atoms with Crippen molar-refractivity contribution in [1.82, 2.24) is 9.62 Å². The van der Waals surface area contributed by atoms with Gasteiger partial charge in [-0.3, -0.25) is 4.79 Å². The quantitative estimate of drug-likeness (QED) is 0.693. The van der Waals surface area contributed by atoms with E-state index in [1.54, 1.807) is 17.0 Å². The van der Waals surface area contributed by atoms with Gasteiger partial charge in [0.1, 0.15) is 16.4 Å². The number of likely N-dealkylation sites (tertiary alicyclic amines) is 1. The SMILES string of the molecule is COc1ccc(C)cc1S(=O)(=O)NCC1CCN(C(=O)COc2ccccc2)CC1. The average molecular weight is 433 g/mol. The molecule has 162 valence electrons. The van der Waals surface area contributed by atoms with Crippen molar-refractivity contribution in [1.29, 1.82) is 0 Å². The van der Waals surface area contributed by atoms with Crippen LogP contribution in [0, 0.1) is 12.8 Å². The van der Waals surface area contributed by atoms with Crippen LogP contribution in [-0.2, 0) is 14.8 Å². The van der Waals surface area contributed by atoms with Gasteiger partial charge < -0.3 is 14.4 Å². The first-order chi connectivity index (χ1) is 14.4. The van der Waals surface area contributed by atoms with Gasteiger partial charge >= 0.3 is 0 Å². The predicted octanol–water partition coefficient (Wildman–Crippen LogP) is 2.60. The number of amides is 1. The maximum Gasteiger partial charge on any atom is 0.260 e. The van der Waals surface area contributed by atoms with E-state index in [4.69, 9.17) is 9.47 Å². The number of hydrogen-bond donors (Lipinski definition) is 1. The number of carbonyl (C=O) groups excluding carboxylic acids is 1. The summed E-state index contributed by atoms with van der Waals surface area (Å²) in [6.07, 6.45) is 1.48. The third kappa shape index (κ3) is 5.73. The molecule has 0 saturated carbocycles. The Morgan fingerprint density at radius 2 is 1.83 bits per heavy atom. The molecule has 0 spiro atoms. The highest BCUT2D eigenvalue weighted by Crippen LogP contribution is 2.25. The lowest BCUT2D eigenvalue weighted by Crippen LogP contribution is -2.43. The zero-order valence-electron chi connectivity index (χ0n) is 17.3. The number of sulfonamides is 1. The van der Waals surface area contributed by atoms with Gasteiger partial charge in [0.15, 0.2) is 6.61 Å². The number of ether oxygens (including phenoxy) is 2. The minimum atomic E-state index is -3.67. The molecular weight excluding hydrogens is 404 g/mol. The summed E-state index contributed by atoms with van der Waals surface area (Å²) >= 11 is 0. The molecule has 1 amide bonds. The fourth-order valence-electron chi connectivity index (χ4n) is 3.44. The molecule has 1 saturated heterocycles. The first-order valence-corrected chi connectivity index (χ1v) is 11.5. The van der Waals surface area contributed by atoms with Crippen molar-refractivity contribution in [3.8, 4) is 11.5 Å². The van der Waals surface area contributed by atoms with E-state index in [1.165, 1.54) is 7.11 Å². The first-order valence-electron chi connectivity index (χ1n) is 9.99. The van der Waals surface area contributed by atoms with E-state index >= 15 is 0 Å². The molecule has 1 aliphatic heterocycles. The molecule has 0 radical (unpaired) electrons. The van der Waals surface area contributed by atoms with Crippen molar-refractivity contribution in [2.45, 2.75) is 24.7 Å². The number of aryl methyl sites for hydroxylation is 1. The minimum absolute atomic E-state index is 0.00839. The third-order valence-corrected chi connectivity index (χ3v) is 6.69. The molecule has 0 bridgehead atoms. The van der Waals surface area contributed by atoms with Crippen molar-refractivity contribution < 1.29 is 22.7 Å². The van der Waals surface area contributed by atoms with Crippen LogP contribution in [0.5, 0.6) is 11.5 Å². The number of benzene rings is 2. The maximum absolute atomic E-state index is 12.7. The summed E-state index contributed by atoms with van der Waals surface area (Å²) < 4.78 is 38.9. The molecule has 0 atom stereocenters. The Morgan fingerprint density at radius 1 is 1.13 bits per heavy atom. The molecule has 1 heterocycles. The van der Waals surface area contributed by atoms with Gasteiger partial charge in [0, 0.05) is 19.6 Å². The van der Waals surface area contributed by atoms with Crippen molar-refractivity contribution in [2.24, 2.45) is 5.92 Å². The predicted molar refractivity (Wildman–Crippen MR) is 114 cm³/mol. The number of hydrogen-bond acceptors (Lipinski definition) is 5. The van der Waals surface area contributed by atoms with Crippen molar-refractivity contribution in [3.63, 3.8) is 0 Å². The summed E-state index contributed by atoms with van der Waals surface area (Å²) in [6, 6.07) is 14.3. The van der Waals surface area contributed by atoms with E-state index in [-0.39, 0.29) is 23.3 Å². The highest BCUT2D eigenvalue weighted by molar-refractivity contribution is 7.89. The Labute approximate surface area is 178 Å². The normalized spacial score (nSPS) is 15.1. The van der Waals surface area contributed by atoms with Crippen molar-refractivity contribution in [3.05, 3.63) is 54.1 Å². The molecule has 1 aliphatic rings. The molecule has 1 N–H and O–H groups in total. The first kappa shape index (κ1) is 22.1. The molecule has 3 rings (SSSR count). The Kier molecular flexibility index (Phi) is 7.33. The molecule has 7 nitrogen and oxygen atoms in total. The van der Waals surface area contributed by atoms with Gasteiger partial charge in [-0.2, -0.15) is 0 Å². The van der Waals surface area contributed by atoms with Crippen LogP contribution in [-0.4, -0.2) is 52.6 Å². The highest BCUT2D eigenvalue weighted by Gasteiger charge is 2.26. The average Bonchev–Trinajstić information content (AvgIpc) is 2.77. The lowest BCUT2D eigenvalue weighted by atomic mass is 9.97. The summed E-state index contributed by atoms with van der Waals surface area (Å²) in [5.41, 5.74) is 0.848. The zero-order chi connectivity index (χ0) is 21.6. The largest absolute Gasteiger partial charge is 0.495 e. The van der Waals surface area contributed by atoms with Gasteiger partial charge in [0.2, 0.25) is 10.0 Å². The number of carbonyl (C=O) groups is 1. The van der Waals surface area contributed by atoms with Crippen molar-refractivity contribution >= 4 is 15.9 Å². The van der Waals surface area contributed by atoms with Crippen molar-refractivity contribution in [2.75, 3.05) is 33.4 Å². The summed E-state index contributed by atoms with van der Waals surface area (Å²) in [5.74, 6) is 1.12. The second kappa shape index (κ2) is 9.95. The summed E-state index contributed by atoms with van der Waals surface area (Å²) in [5, 5.41) is 0. The Morgan fingerprint density at radius 3 is 2.50 bits per heavy atom. The van der Waals surface area contributed by atoms with E-state index < -0.39 is 10.0 Å². The highest BCUT2D eigenvalue weighted by atomic mass is 32.2. The van der Waals surface area contributed by atoms with E-state index in [1.807, 2.05) is 43.3 Å². The van der Waals surface area contributed by atoms with Crippen LogP contribution in [0.25, 0.3) is 0 Å². The Hall–Kier alpha value is -2.58. The molecule has 30 heavy (non-hydrogen) atoms. The molecule has 8 heteroatoms. The Bertz CT molecular complexity index is 955. The molecule has 2 aromatic rings. The minimum Gasteiger partial charge on any atom is -0.495 e. The lowest BCUT2D eigenvalue weighted by Gasteiger charge is -2.32. The molecule has 2 aromatic carbocycles. The van der Waals surface area contributed by atoms with E-state index in [2.05, 4.69) is 4.72 Å². The van der Waals surface area contributed by atoms with Crippen LogP contribution in [0.2, 0.25) is 0 Å². The zero-order valence-corrected chi connectivity index (χ0v) is 18.2. The standard InChI is InChI=1S/C22H28N2O5S/c1-17-8-9-20(28-2)21(14-17)30(26,27)23-15-18-10-12-24(13-11-18)22(25)16-29-19-6-4-3-5-7-19/h3-9,14,18,23H,10-13,15-16H2,1-2H3. The molecular formula is C22H28N2O5S. The molecule has 1 fully saturated rings. The van der Waals surface area contributed by atoms with Gasteiger partial charge in [0.25, 0.3) is 5.91 Å².